The van der Waals surface area contributed by atoms with Crippen molar-refractivity contribution in [3.05, 3.63) is 29.4 Å². The number of aromatic amines is 1. The lowest BCUT2D eigenvalue weighted by molar-refractivity contribution is -0.134. The molecule has 0 aliphatic carbocycles. The monoisotopic (exact) mass is 352 g/mol. The predicted molar refractivity (Wildman–Crippen MR) is 90.2 cm³/mol. The molecule has 2 rings (SSSR count). The summed E-state index contributed by atoms with van der Waals surface area (Å²) in [5, 5.41) is 19.5. The average molecular weight is 352 g/mol. The standard InChI is InChI=1S/C17H25FN4O3/c1-10(2)14(18)15(24)22-8-11(7-12(23)9-22)20-16(25)17(3,4)13-5-6-19-21-13/h5-6,11-12,23H,7-9H2,1-4H3,(H,19,21)(H,20,25). The van der Waals surface area contributed by atoms with E-state index in [0.717, 1.165) is 0 Å². The van der Waals surface area contributed by atoms with Crippen LogP contribution in [0.2, 0.25) is 0 Å². The van der Waals surface area contributed by atoms with Gasteiger partial charge in [0.15, 0.2) is 5.83 Å². The highest BCUT2D eigenvalue weighted by molar-refractivity contribution is 5.92. The topological polar surface area (TPSA) is 98.3 Å². The molecule has 1 fully saturated rings. The van der Waals surface area contributed by atoms with E-state index in [9.17, 15) is 19.1 Å². The van der Waals surface area contributed by atoms with Gasteiger partial charge in [0.05, 0.1) is 17.2 Å². The number of aliphatic hydroxyl groups is 1. The van der Waals surface area contributed by atoms with Crippen LogP contribution < -0.4 is 5.32 Å². The summed E-state index contributed by atoms with van der Waals surface area (Å²) in [7, 11) is 0. The molecule has 2 amide bonds. The molecule has 0 bridgehead atoms. The molecule has 25 heavy (non-hydrogen) atoms. The number of hydrogen-bond acceptors (Lipinski definition) is 4. The number of allylic oxidation sites excluding steroid dienone is 1. The third-order valence-electron chi connectivity index (χ3n) is 4.42. The van der Waals surface area contributed by atoms with Gasteiger partial charge >= 0.3 is 0 Å². The van der Waals surface area contributed by atoms with Crippen molar-refractivity contribution < 1.29 is 19.1 Å². The quantitative estimate of drug-likeness (QED) is 0.705. The highest BCUT2D eigenvalue weighted by Gasteiger charge is 2.36. The van der Waals surface area contributed by atoms with E-state index in [1.165, 1.54) is 18.7 Å². The van der Waals surface area contributed by atoms with Gasteiger partial charge in [-0.05, 0) is 45.8 Å². The Morgan fingerprint density at radius 1 is 1.40 bits per heavy atom. The second kappa shape index (κ2) is 7.35. The van der Waals surface area contributed by atoms with Gasteiger partial charge in [0.2, 0.25) is 5.91 Å². The van der Waals surface area contributed by atoms with E-state index in [4.69, 9.17) is 0 Å². The number of β-amino-alcohol motifs (C(OH)–C–C–N with tert-alkyl or cyclic N) is 1. The molecular weight excluding hydrogens is 327 g/mol. The fourth-order valence-corrected chi connectivity index (χ4v) is 2.79. The van der Waals surface area contributed by atoms with Crippen LogP contribution in [0.15, 0.2) is 23.7 Å². The smallest absolute Gasteiger partial charge is 0.282 e. The summed E-state index contributed by atoms with van der Waals surface area (Å²) < 4.78 is 13.9. The molecule has 2 heterocycles. The Bertz CT molecular complexity index is 665. The van der Waals surface area contributed by atoms with Crippen LogP contribution in [0, 0.1) is 0 Å². The Morgan fingerprint density at radius 2 is 2.08 bits per heavy atom. The van der Waals surface area contributed by atoms with Crippen molar-refractivity contribution in [1.82, 2.24) is 20.4 Å². The Kier molecular flexibility index (Phi) is 5.62. The lowest BCUT2D eigenvalue weighted by Gasteiger charge is -2.37. The highest BCUT2D eigenvalue weighted by atomic mass is 19.1. The molecule has 1 aromatic heterocycles. The number of hydrogen-bond donors (Lipinski definition) is 3. The summed E-state index contributed by atoms with van der Waals surface area (Å²) in [4.78, 5) is 26.0. The van der Waals surface area contributed by atoms with E-state index in [1.807, 2.05) is 0 Å². The van der Waals surface area contributed by atoms with Crippen molar-refractivity contribution in [3.8, 4) is 0 Å². The number of H-pyrrole nitrogens is 1. The van der Waals surface area contributed by atoms with Crippen LogP contribution in [0.25, 0.3) is 0 Å². The molecule has 1 aliphatic rings. The van der Waals surface area contributed by atoms with Gasteiger partial charge in [-0.2, -0.15) is 5.10 Å². The molecule has 0 radical (unpaired) electrons. The zero-order valence-electron chi connectivity index (χ0n) is 15.0. The van der Waals surface area contributed by atoms with Gasteiger partial charge in [0, 0.05) is 25.3 Å². The molecule has 2 atom stereocenters. The van der Waals surface area contributed by atoms with Crippen LogP contribution in [0.3, 0.4) is 0 Å². The number of likely N-dealkylation sites (tertiary alicyclic amines) is 1. The number of carbonyl (C=O) groups excluding carboxylic acids is 2. The molecule has 138 valence electrons. The first kappa shape index (κ1) is 19.1. The maximum Gasteiger partial charge on any atom is 0.282 e. The first-order valence-electron chi connectivity index (χ1n) is 8.24. The fourth-order valence-electron chi connectivity index (χ4n) is 2.79. The van der Waals surface area contributed by atoms with Gasteiger partial charge in [-0.15, -0.1) is 0 Å². The average Bonchev–Trinajstić information content (AvgIpc) is 3.07. The van der Waals surface area contributed by atoms with Crippen molar-refractivity contribution in [2.24, 2.45) is 0 Å². The molecule has 1 saturated heterocycles. The Hall–Kier alpha value is -2.22. The Morgan fingerprint density at radius 3 is 2.64 bits per heavy atom. The molecule has 0 spiro atoms. The predicted octanol–water partition coefficient (Wildman–Crippen LogP) is 1.03. The summed E-state index contributed by atoms with van der Waals surface area (Å²) >= 11 is 0. The molecule has 0 saturated carbocycles. The Balaban J connectivity index is 2.08. The van der Waals surface area contributed by atoms with Gasteiger partial charge in [-0.1, -0.05) is 0 Å². The first-order chi connectivity index (χ1) is 11.6. The molecule has 7 nitrogen and oxygen atoms in total. The van der Waals surface area contributed by atoms with E-state index in [2.05, 4.69) is 15.5 Å². The minimum Gasteiger partial charge on any atom is -0.391 e. The van der Waals surface area contributed by atoms with Crippen molar-refractivity contribution in [2.45, 2.75) is 51.7 Å². The van der Waals surface area contributed by atoms with Gasteiger partial charge in [0.1, 0.15) is 0 Å². The largest absolute Gasteiger partial charge is 0.391 e. The molecule has 1 aliphatic heterocycles. The first-order valence-corrected chi connectivity index (χ1v) is 8.24. The molecular formula is C17H25FN4O3. The second-order valence-corrected chi connectivity index (χ2v) is 7.18. The molecule has 3 N–H and O–H groups in total. The molecule has 1 aromatic rings. The zero-order valence-corrected chi connectivity index (χ0v) is 15.0. The summed E-state index contributed by atoms with van der Waals surface area (Å²) in [6.45, 7) is 6.73. The third kappa shape index (κ3) is 4.25. The highest BCUT2D eigenvalue weighted by Crippen LogP contribution is 2.22. The minimum absolute atomic E-state index is 0.0514. The summed E-state index contributed by atoms with van der Waals surface area (Å²) in [5.41, 5.74) is 0.0923. The van der Waals surface area contributed by atoms with E-state index in [-0.39, 0.29) is 24.6 Å². The number of nitrogens with one attached hydrogen (secondary N) is 2. The van der Waals surface area contributed by atoms with Crippen LogP contribution >= 0.6 is 0 Å². The van der Waals surface area contributed by atoms with Gasteiger partial charge in [-0.25, -0.2) is 4.39 Å². The lowest BCUT2D eigenvalue weighted by atomic mass is 9.87. The van der Waals surface area contributed by atoms with Gasteiger partial charge < -0.3 is 15.3 Å². The summed E-state index contributed by atoms with van der Waals surface area (Å²) in [6, 6.07) is 1.27. The third-order valence-corrected chi connectivity index (χ3v) is 4.42. The number of rotatable bonds is 4. The maximum absolute atomic E-state index is 13.9. The van der Waals surface area contributed by atoms with Crippen LogP contribution in [0.5, 0.6) is 0 Å². The van der Waals surface area contributed by atoms with Crippen molar-refractivity contribution in [1.29, 1.82) is 0 Å². The van der Waals surface area contributed by atoms with E-state index in [1.54, 1.807) is 26.1 Å². The Labute approximate surface area is 146 Å². The molecule has 0 aromatic carbocycles. The number of nitrogens with zero attached hydrogens (tertiary/aromatic N) is 2. The zero-order chi connectivity index (χ0) is 18.8. The maximum atomic E-state index is 13.9. The minimum atomic E-state index is -0.848. The molecule has 8 heteroatoms. The van der Waals surface area contributed by atoms with Gasteiger partial charge in [0.25, 0.3) is 5.91 Å². The summed E-state index contributed by atoms with van der Waals surface area (Å²) in [5.74, 6) is -1.84. The van der Waals surface area contributed by atoms with E-state index >= 15 is 0 Å². The lowest BCUT2D eigenvalue weighted by Crippen LogP contribution is -2.56. The van der Waals surface area contributed by atoms with Crippen LogP contribution in [0.1, 0.15) is 39.8 Å². The van der Waals surface area contributed by atoms with Crippen LogP contribution in [-0.4, -0.2) is 57.3 Å². The fraction of sp³-hybridized carbons (Fsp3) is 0.588. The van der Waals surface area contributed by atoms with E-state index in [0.29, 0.717) is 12.1 Å². The molecule has 2 unspecified atom stereocenters. The van der Waals surface area contributed by atoms with Crippen molar-refractivity contribution >= 4 is 11.8 Å². The number of carbonyl (C=O) groups is 2. The summed E-state index contributed by atoms with van der Waals surface area (Å²) in [6.07, 6.45) is 1.06. The number of piperidine rings is 1. The number of amides is 2. The SMILES string of the molecule is CC(C)=C(F)C(=O)N1CC(O)CC(NC(=O)C(C)(C)c2ccn[nH]2)C1. The van der Waals surface area contributed by atoms with Crippen LogP contribution in [-0.2, 0) is 15.0 Å². The normalized spacial score (nSPS) is 21.0. The number of halogens is 1. The number of aliphatic hydroxyl groups excluding tert-OH is 1. The van der Waals surface area contributed by atoms with Gasteiger partial charge in [-0.3, -0.25) is 14.7 Å². The van der Waals surface area contributed by atoms with E-state index < -0.39 is 29.3 Å². The van der Waals surface area contributed by atoms with Crippen molar-refractivity contribution in [2.75, 3.05) is 13.1 Å². The van der Waals surface area contributed by atoms with Crippen LogP contribution in [0.4, 0.5) is 4.39 Å². The van der Waals surface area contributed by atoms with Crippen molar-refractivity contribution in [3.63, 3.8) is 0 Å². The number of aromatic nitrogens is 2. The second-order valence-electron chi connectivity index (χ2n) is 7.18.